The van der Waals surface area contributed by atoms with E-state index in [4.69, 9.17) is 14.2 Å². The fraction of sp³-hybridized carbons (Fsp3) is 0.409. The van der Waals surface area contributed by atoms with Crippen LogP contribution in [-0.2, 0) is 16.3 Å². The molecule has 2 aromatic rings. The molecule has 0 fully saturated rings. The summed E-state index contributed by atoms with van der Waals surface area (Å²) in [5, 5.41) is 6.48. The maximum absolute atomic E-state index is 11.4. The van der Waals surface area contributed by atoms with E-state index in [1.54, 1.807) is 0 Å². The predicted octanol–water partition coefficient (Wildman–Crippen LogP) is 2.85. The third-order valence-corrected chi connectivity index (χ3v) is 5.29. The van der Waals surface area contributed by atoms with Gasteiger partial charge < -0.3 is 24.8 Å². The number of sulfone groups is 1. The highest BCUT2D eigenvalue weighted by atomic mass is 32.2. The lowest BCUT2D eigenvalue weighted by molar-refractivity contribution is 0.174. The van der Waals surface area contributed by atoms with Gasteiger partial charge in [-0.15, -0.1) is 0 Å². The Labute approximate surface area is 183 Å². The number of hydrogen-bond donors (Lipinski definition) is 2. The van der Waals surface area contributed by atoms with Crippen LogP contribution in [0.25, 0.3) is 0 Å². The van der Waals surface area contributed by atoms with Gasteiger partial charge in [0.1, 0.15) is 15.6 Å². The first-order chi connectivity index (χ1) is 14.8. The second-order valence-electron chi connectivity index (χ2n) is 7.54. The number of aliphatic imine (C=N–C) groups is 1. The summed E-state index contributed by atoms with van der Waals surface area (Å²) in [5.74, 6) is 2.80. The Hall–Kier alpha value is -2.94. The summed E-state index contributed by atoms with van der Waals surface area (Å²) < 4.78 is 39.3. The van der Waals surface area contributed by atoms with E-state index in [9.17, 15) is 8.42 Å². The first-order valence-corrected chi connectivity index (χ1v) is 12.2. The van der Waals surface area contributed by atoms with Gasteiger partial charge in [0.05, 0.1) is 18.4 Å². The monoisotopic (exact) mass is 447 g/mol. The molecule has 8 nitrogen and oxygen atoms in total. The van der Waals surface area contributed by atoms with Crippen LogP contribution < -0.4 is 24.8 Å². The summed E-state index contributed by atoms with van der Waals surface area (Å²) in [4.78, 5) is 4.40. The second kappa shape index (κ2) is 10.4. The van der Waals surface area contributed by atoms with Crippen molar-refractivity contribution in [3.63, 3.8) is 0 Å². The summed E-state index contributed by atoms with van der Waals surface area (Å²) in [7, 11) is -3.08. The van der Waals surface area contributed by atoms with Crippen molar-refractivity contribution in [2.24, 2.45) is 4.99 Å². The highest BCUT2D eigenvalue weighted by molar-refractivity contribution is 7.90. The minimum atomic E-state index is -3.08. The average Bonchev–Trinajstić information content (AvgIpc) is 3.16. The maximum Gasteiger partial charge on any atom is 0.231 e. The maximum atomic E-state index is 11.4. The van der Waals surface area contributed by atoms with Gasteiger partial charge >= 0.3 is 0 Å². The van der Waals surface area contributed by atoms with Gasteiger partial charge in [-0.2, -0.15) is 0 Å². The zero-order valence-corrected chi connectivity index (χ0v) is 18.9. The summed E-state index contributed by atoms with van der Waals surface area (Å²) in [6.07, 6.45) is 2.05. The lowest BCUT2D eigenvalue weighted by Gasteiger charge is -2.14. The Morgan fingerprint density at radius 1 is 1.13 bits per heavy atom. The van der Waals surface area contributed by atoms with E-state index in [0.717, 1.165) is 34.9 Å². The van der Waals surface area contributed by atoms with Crippen molar-refractivity contribution in [3.05, 3.63) is 48.0 Å². The van der Waals surface area contributed by atoms with Crippen molar-refractivity contribution in [1.82, 2.24) is 5.32 Å². The Balaban J connectivity index is 1.61. The van der Waals surface area contributed by atoms with Gasteiger partial charge in [-0.25, -0.2) is 8.42 Å². The van der Waals surface area contributed by atoms with Crippen LogP contribution in [0.2, 0.25) is 0 Å². The molecule has 0 amide bonds. The number of benzene rings is 2. The van der Waals surface area contributed by atoms with Crippen LogP contribution in [0.5, 0.6) is 17.2 Å². The lowest BCUT2D eigenvalue weighted by Crippen LogP contribution is -2.33. The van der Waals surface area contributed by atoms with Crippen LogP contribution >= 0.6 is 0 Å². The molecule has 2 N–H and O–H groups in total. The van der Waals surface area contributed by atoms with Crippen molar-refractivity contribution < 1.29 is 22.6 Å². The standard InChI is InChI=1S/C22H29N3O5S/c1-16(2)30-19-7-5-18(6-8-19)25-22(24-12-13-31(3,26)27)23-11-10-17-4-9-20-21(14-17)29-15-28-20/h4-9,14,16H,10-13,15H2,1-3H3,(H2,23,24,25). The molecular weight excluding hydrogens is 418 g/mol. The first-order valence-electron chi connectivity index (χ1n) is 10.2. The van der Waals surface area contributed by atoms with E-state index in [2.05, 4.69) is 15.6 Å². The van der Waals surface area contributed by atoms with Gasteiger partial charge in [0.2, 0.25) is 6.79 Å². The van der Waals surface area contributed by atoms with Crippen molar-refractivity contribution in [3.8, 4) is 17.2 Å². The summed E-state index contributed by atoms with van der Waals surface area (Å²) >= 11 is 0. The molecule has 9 heteroatoms. The third-order valence-electron chi connectivity index (χ3n) is 4.36. The van der Waals surface area contributed by atoms with Gasteiger partial charge in [-0.1, -0.05) is 6.07 Å². The molecular formula is C22H29N3O5S. The van der Waals surface area contributed by atoms with Crippen LogP contribution in [0.4, 0.5) is 5.69 Å². The molecule has 1 aliphatic rings. The molecule has 0 radical (unpaired) electrons. The number of nitrogens with zero attached hydrogens (tertiary/aromatic N) is 1. The first kappa shape index (κ1) is 22.7. The predicted molar refractivity (Wildman–Crippen MR) is 122 cm³/mol. The van der Waals surface area contributed by atoms with E-state index < -0.39 is 9.84 Å². The number of hydrogen-bond acceptors (Lipinski definition) is 6. The van der Waals surface area contributed by atoms with Gasteiger partial charge in [0, 0.05) is 18.5 Å². The zero-order chi connectivity index (χ0) is 22.3. The number of rotatable bonds is 9. The van der Waals surface area contributed by atoms with E-state index in [1.807, 2.05) is 56.3 Å². The van der Waals surface area contributed by atoms with Crippen molar-refractivity contribution in [1.29, 1.82) is 0 Å². The van der Waals surface area contributed by atoms with Crippen LogP contribution in [0, 0.1) is 0 Å². The van der Waals surface area contributed by atoms with E-state index in [1.165, 1.54) is 6.26 Å². The molecule has 1 heterocycles. The summed E-state index contributed by atoms with van der Waals surface area (Å²) in [6, 6.07) is 13.4. The van der Waals surface area contributed by atoms with E-state index in [-0.39, 0.29) is 25.2 Å². The van der Waals surface area contributed by atoms with Crippen molar-refractivity contribution in [2.75, 3.05) is 37.2 Å². The molecule has 0 saturated carbocycles. The molecule has 31 heavy (non-hydrogen) atoms. The number of fused-ring (bicyclic) bond motifs is 1. The van der Waals surface area contributed by atoms with Crippen LogP contribution in [-0.4, -0.2) is 52.4 Å². The third kappa shape index (κ3) is 7.67. The molecule has 2 aromatic carbocycles. The molecule has 0 aliphatic carbocycles. The zero-order valence-electron chi connectivity index (χ0n) is 18.1. The van der Waals surface area contributed by atoms with Gasteiger partial charge in [-0.05, 0) is 62.2 Å². The van der Waals surface area contributed by atoms with Crippen LogP contribution in [0.3, 0.4) is 0 Å². The van der Waals surface area contributed by atoms with Crippen LogP contribution in [0.1, 0.15) is 19.4 Å². The fourth-order valence-electron chi connectivity index (χ4n) is 2.91. The van der Waals surface area contributed by atoms with Crippen molar-refractivity contribution in [2.45, 2.75) is 26.4 Å². The molecule has 0 aromatic heterocycles. The summed E-state index contributed by atoms with van der Waals surface area (Å²) in [5.41, 5.74) is 1.92. The highest BCUT2D eigenvalue weighted by Gasteiger charge is 2.13. The summed E-state index contributed by atoms with van der Waals surface area (Å²) in [6.45, 7) is 4.98. The van der Waals surface area contributed by atoms with Gasteiger partial charge in [0.15, 0.2) is 17.5 Å². The minimum Gasteiger partial charge on any atom is -0.491 e. The highest BCUT2D eigenvalue weighted by Crippen LogP contribution is 2.32. The quantitative estimate of drug-likeness (QED) is 0.451. The molecule has 0 bridgehead atoms. The molecule has 168 valence electrons. The van der Waals surface area contributed by atoms with Crippen LogP contribution in [0.15, 0.2) is 47.5 Å². The number of ether oxygens (including phenoxy) is 3. The van der Waals surface area contributed by atoms with E-state index in [0.29, 0.717) is 12.5 Å². The number of anilines is 1. The fourth-order valence-corrected chi connectivity index (χ4v) is 3.33. The number of guanidine groups is 1. The van der Waals surface area contributed by atoms with Gasteiger partial charge in [-0.3, -0.25) is 4.99 Å². The molecule has 0 spiro atoms. The Bertz CT molecular complexity index is 1000. The largest absolute Gasteiger partial charge is 0.491 e. The average molecular weight is 448 g/mol. The molecule has 0 atom stereocenters. The smallest absolute Gasteiger partial charge is 0.231 e. The minimum absolute atomic E-state index is 0.0107. The number of nitrogens with one attached hydrogen (secondary N) is 2. The normalized spacial score (nSPS) is 13.4. The molecule has 3 rings (SSSR count). The Kier molecular flexibility index (Phi) is 7.62. The molecule has 0 saturated heterocycles. The Morgan fingerprint density at radius 2 is 1.87 bits per heavy atom. The second-order valence-corrected chi connectivity index (χ2v) is 9.80. The SMILES string of the molecule is CC(C)Oc1ccc(NC(=NCCS(C)(=O)=O)NCCc2ccc3c(c2)OCO3)cc1. The molecule has 0 unspecified atom stereocenters. The topological polar surface area (TPSA) is 98.2 Å². The van der Waals surface area contributed by atoms with E-state index >= 15 is 0 Å². The molecule has 1 aliphatic heterocycles. The van der Waals surface area contributed by atoms with Gasteiger partial charge in [0.25, 0.3) is 0 Å². The Morgan fingerprint density at radius 3 is 2.58 bits per heavy atom. The van der Waals surface area contributed by atoms with Crippen molar-refractivity contribution >= 4 is 21.5 Å². The lowest BCUT2D eigenvalue weighted by atomic mass is 10.1.